The predicted octanol–water partition coefficient (Wildman–Crippen LogP) is 2.92. The van der Waals surface area contributed by atoms with Gasteiger partial charge in [-0.25, -0.2) is 9.97 Å². The summed E-state index contributed by atoms with van der Waals surface area (Å²) in [5, 5.41) is 3.07. The van der Waals surface area contributed by atoms with Gasteiger partial charge in [-0.2, -0.15) is 4.39 Å². The van der Waals surface area contributed by atoms with Gasteiger partial charge < -0.3 is 5.32 Å². The summed E-state index contributed by atoms with van der Waals surface area (Å²) < 4.78 is 12.9. The van der Waals surface area contributed by atoms with Crippen molar-refractivity contribution in [1.29, 1.82) is 0 Å². The molecule has 1 aromatic carbocycles. The van der Waals surface area contributed by atoms with Gasteiger partial charge in [0, 0.05) is 11.8 Å². The first kappa shape index (κ1) is 10.5. The highest BCUT2D eigenvalue weighted by molar-refractivity contribution is 5.60. The maximum atomic E-state index is 12.9. The zero-order valence-corrected chi connectivity index (χ0v) is 8.94. The summed E-state index contributed by atoms with van der Waals surface area (Å²) in [5.41, 5.74) is 2.12. The number of rotatable bonds is 3. The van der Waals surface area contributed by atoms with E-state index in [0.29, 0.717) is 5.82 Å². The number of aromatic nitrogens is 2. The number of hydrogen-bond donors (Lipinski definition) is 1. The molecule has 0 atom stereocenters. The summed E-state index contributed by atoms with van der Waals surface area (Å²) in [6, 6.07) is 9.15. The van der Waals surface area contributed by atoms with Crippen LogP contribution in [0.5, 0.6) is 0 Å². The summed E-state index contributed by atoms with van der Waals surface area (Å²) in [6.07, 6.45) is 2.11. The molecule has 0 saturated carbocycles. The molecule has 0 saturated heterocycles. The molecule has 0 amide bonds. The van der Waals surface area contributed by atoms with Crippen LogP contribution in [0.2, 0.25) is 0 Å². The number of aryl methyl sites for hydroxylation is 1. The normalized spacial score (nSPS) is 10.1. The largest absolute Gasteiger partial charge is 0.340 e. The van der Waals surface area contributed by atoms with Gasteiger partial charge in [0.15, 0.2) is 0 Å². The van der Waals surface area contributed by atoms with Gasteiger partial charge in [0.1, 0.15) is 12.1 Å². The Hall–Kier alpha value is -1.97. The van der Waals surface area contributed by atoms with Gasteiger partial charge in [0.25, 0.3) is 0 Å². The van der Waals surface area contributed by atoms with E-state index in [4.69, 9.17) is 0 Å². The average Bonchev–Trinajstić information content (AvgIpc) is 2.30. The summed E-state index contributed by atoms with van der Waals surface area (Å²) >= 11 is 0. The Kier molecular flexibility index (Phi) is 3.10. The van der Waals surface area contributed by atoms with Gasteiger partial charge in [-0.3, -0.25) is 0 Å². The van der Waals surface area contributed by atoms with Gasteiger partial charge >= 0.3 is 0 Å². The second-order valence-corrected chi connectivity index (χ2v) is 3.36. The van der Waals surface area contributed by atoms with Crippen molar-refractivity contribution in [2.75, 3.05) is 5.32 Å². The highest BCUT2D eigenvalue weighted by atomic mass is 19.1. The van der Waals surface area contributed by atoms with Gasteiger partial charge in [0.05, 0.1) is 0 Å². The molecule has 1 heterocycles. The SMILES string of the molecule is CCc1ccccc1Nc1cc(F)ncn1. The second-order valence-electron chi connectivity index (χ2n) is 3.36. The van der Waals surface area contributed by atoms with Crippen LogP contribution in [0.1, 0.15) is 12.5 Å². The third kappa shape index (κ3) is 2.34. The van der Waals surface area contributed by atoms with E-state index in [1.807, 2.05) is 24.3 Å². The minimum absolute atomic E-state index is 0.466. The Balaban J connectivity index is 2.26. The molecule has 3 nitrogen and oxygen atoms in total. The molecule has 1 N–H and O–H groups in total. The first-order valence-corrected chi connectivity index (χ1v) is 5.12. The van der Waals surface area contributed by atoms with Crippen molar-refractivity contribution in [2.24, 2.45) is 0 Å². The summed E-state index contributed by atoms with van der Waals surface area (Å²) in [5.74, 6) is -0.0696. The molecule has 0 aliphatic carbocycles. The number of benzene rings is 1. The molecule has 0 aliphatic rings. The van der Waals surface area contributed by atoms with Crippen molar-refractivity contribution in [1.82, 2.24) is 9.97 Å². The minimum atomic E-state index is -0.536. The molecule has 1 aromatic heterocycles. The molecule has 0 spiro atoms. The van der Waals surface area contributed by atoms with E-state index in [9.17, 15) is 4.39 Å². The molecular weight excluding hydrogens is 205 g/mol. The molecule has 0 bridgehead atoms. The van der Waals surface area contributed by atoms with Crippen molar-refractivity contribution in [3.05, 3.63) is 48.2 Å². The van der Waals surface area contributed by atoms with Crippen LogP contribution in [-0.4, -0.2) is 9.97 Å². The lowest BCUT2D eigenvalue weighted by atomic mass is 10.1. The highest BCUT2D eigenvalue weighted by Gasteiger charge is 2.02. The highest BCUT2D eigenvalue weighted by Crippen LogP contribution is 2.19. The average molecular weight is 217 g/mol. The fraction of sp³-hybridized carbons (Fsp3) is 0.167. The van der Waals surface area contributed by atoms with Crippen molar-refractivity contribution in [2.45, 2.75) is 13.3 Å². The molecule has 0 unspecified atom stereocenters. The van der Waals surface area contributed by atoms with Crippen molar-refractivity contribution >= 4 is 11.5 Å². The van der Waals surface area contributed by atoms with Gasteiger partial charge in [0.2, 0.25) is 5.95 Å². The number of para-hydroxylation sites is 1. The Labute approximate surface area is 93.4 Å². The molecule has 16 heavy (non-hydrogen) atoms. The van der Waals surface area contributed by atoms with E-state index in [0.717, 1.165) is 12.1 Å². The molecule has 4 heteroatoms. The van der Waals surface area contributed by atoms with Gasteiger partial charge in [-0.1, -0.05) is 25.1 Å². The van der Waals surface area contributed by atoms with Crippen molar-refractivity contribution in [3.63, 3.8) is 0 Å². The summed E-state index contributed by atoms with van der Waals surface area (Å²) in [7, 11) is 0. The van der Waals surface area contributed by atoms with Crippen LogP contribution in [0.15, 0.2) is 36.7 Å². The maximum Gasteiger partial charge on any atom is 0.218 e. The van der Waals surface area contributed by atoms with Crippen LogP contribution in [0.3, 0.4) is 0 Å². The van der Waals surface area contributed by atoms with Crippen LogP contribution >= 0.6 is 0 Å². The quantitative estimate of drug-likeness (QED) is 0.803. The predicted molar refractivity (Wildman–Crippen MR) is 61.1 cm³/mol. The molecule has 0 aliphatic heterocycles. The Bertz CT molecular complexity index is 485. The van der Waals surface area contributed by atoms with E-state index in [2.05, 4.69) is 22.2 Å². The number of anilines is 2. The number of nitrogens with one attached hydrogen (secondary N) is 1. The number of nitrogens with zero attached hydrogens (tertiary/aromatic N) is 2. The first-order valence-electron chi connectivity index (χ1n) is 5.12. The van der Waals surface area contributed by atoms with Crippen LogP contribution in [0.25, 0.3) is 0 Å². The molecule has 82 valence electrons. The van der Waals surface area contributed by atoms with E-state index >= 15 is 0 Å². The smallest absolute Gasteiger partial charge is 0.218 e. The Morgan fingerprint density at radius 2 is 2.06 bits per heavy atom. The van der Waals surface area contributed by atoms with E-state index < -0.39 is 5.95 Å². The van der Waals surface area contributed by atoms with Crippen LogP contribution in [0, 0.1) is 5.95 Å². The second kappa shape index (κ2) is 4.70. The lowest BCUT2D eigenvalue weighted by molar-refractivity contribution is 0.580. The van der Waals surface area contributed by atoms with Gasteiger partial charge in [-0.05, 0) is 18.1 Å². The molecule has 0 fully saturated rings. The number of halogens is 1. The fourth-order valence-corrected chi connectivity index (χ4v) is 1.49. The van der Waals surface area contributed by atoms with E-state index in [-0.39, 0.29) is 0 Å². The monoisotopic (exact) mass is 217 g/mol. The third-order valence-electron chi connectivity index (χ3n) is 2.29. The molecule has 0 radical (unpaired) electrons. The fourth-order valence-electron chi connectivity index (χ4n) is 1.49. The topological polar surface area (TPSA) is 37.8 Å². The van der Waals surface area contributed by atoms with Crippen molar-refractivity contribution < 1.29 is 4.39 Å². The first-order chi connectivity index (χ1) is 7.79. The van der Waals surface area contributed by atoms with Crippen LogP contribution in [0.4, 0.5) is 15.9 Å². The minimum Gasteiger partial charge on any atom is -0.340 e. The lowest BCUT2D eigenvalue weighted by Gasteiger charge is -2.09. The third-order valence-corrected chi connectivity index (χ3v) is 2.29. The lowest BCUT2D eigenvalue weighted by Crippen LogP contribution is -1.98. The van der Waals surface area contributed by atoms with E-state index in [1.54, 1.807) is 0 Å². The van der Waals surface area contributed by atoms with Gasteiger partial charge in [-0.15, -0.1) is 0 Å². The van der Waals surface area contributed by atoms with E-state index in [1.165, 1.54) is 18.0 Å². The van der Waals surface area contributed by atoms with Crippen LogP contribution < -0.4 is 5.32 Å². The Morgan fingerprint density at radius 3 is 2.81 bits per heavy atom. The molecule has 2 aromatic rings. The summed E-state index contributed by atoms with van der Waals surface area (Å²) in [6.45, 7) is 2.07. The zero-order chi connectivity index (χ0) is 11.4. The summed E-state index contributed by atoms with van der Waals surface area (Å²) in [4.78, 5) is 7.35. The molecule has 2 rings (SSSR count). The maximum absolute atomic E-state index is 12.9. The van der Waals surface area contributed by atoms with Crippen molar-refractivity contribution in [3.8, 4) is 0 Å². The molecular formula is C12H12FN3. The zero-order valence-electron chi connectivity index (χ0n) is 8.94. The van der Waals surface area contributed by atoms with Crippen LogP contribution in [-0.2, 0) is 6.42 Å². The number of hydrogen-bond acceptors (Lipinski definition) is 3. The Morgan fingerprint density at radius 1 is 1.25 bits per heavy atom. The standard InChI is InChI=1S/C12H12FN3/c1-2-9-5-3-4-6-10(9)16-12-7-11(13)14-8-15-12/h3-8H,2H2,1H3,(H,14,15,16).